The smallest absolute Gasteiger partial charge is 0.317 e. The molecular weight excluding hydrogens is 333 g/mol. The molecule has 0 bridgehead atoms. The Bertz CT molecular complexity index is 609. The fraction of sp³-hybridized carbons (Fsp3) is 0.769. The molecule has 0 unspecified atom stereocenters. The van der Waals surface area contributed by atoms with E-state index >= 15 is 0 Å². The minimum absolute atomic E-state index is 0.132. The summed E-state index contributed by atoms with van der Waals surface area (Å²) in [5.74, 6) is 0. The van der Waals surface area contributed by atoms with Crippen LogP contribution in [0.2, 0.25) is 0 Å². The molecule has 2 rings (SSSR count). The van der Waals surface area contributed by atoms with E-state index < -0.39 is 22.7 Å². The molecule has 0 spiro atoms. The number of nitrogens with zero attached hydrogens (tertiary/aromatic N) is 3. The second-order valence-electron chi connectivity index (χ2n) is 5.59. The molecule has 132 valence electrons. The molecule has 10 heteroatoms. The molecule has 1 aliphatic rings. The van der Waals surface area contributed by atoms with Gasteiger partial charge in [0, 0.05) is 18.8 Å². The normalized spacial score (nSPS) is 17.8. The molecule has 1 N–H and O–H groups in total. The van der Waals surface area contributed by atoms with Gasteiger partial charge in [-0.2, -0.15) is 22.6 Å². The summed E-state index contributed by atoms with van der Waals surface area (Å²) in [4.78, 5) is -0.186. The summed E-state index contributed by atoms with van der Waals surface area (Å²) < 4.78 is 64.7. The SMILES string of the molecule is CCCN(C1CCNCC1)S(=O)(=O)c1cnn(CC(F)(F)F)c1. The van der Waals surface area contributed by atoms with E-state index in [1.54, 1.807) is 0 Å². The molecule has 0 aliphatic carbocycles. The monoisotopic (exact) mass is 354 g/mol. The zero-order valence-electron chi connectivity index (χ0n) is 12.9. The highest BCUT2D eigenvalue weighted by Gasteiger charge is 2.34. The first-order valence-electron chi connectivity index (χ1n) is 7.56. The Labute approximate surface area is 133 Å². The van der Waals surface area contributed by atoms with Crippen LogP contribution in [0.25, 0.3) is 0 Å². The molecule has 1 aliphatic heterocycles. The number of piperidine rings is 1. The Hall–Kier alpha value is -1.13. The molecule has 6 nitrogen and oxygen atoms in total. The van der Waals surface area contributed by atoms with Crippen LogP contribution in [0, 0.1) is 0 Å². The van der Waals surface area contributed by atoms with Gasteiger partial charge < -0.3 is 5.32 Å². The molecule has 0 saturated carbocycles. The van der Waals surface area contributed by atoms with Gasteiger partial charge in [-0.1, -0.05) is 6.92 Å². The van der Waals surface area contributed by atoms with Crippen molar-refractivity contribution < 1.29 is 21.6 Å². The van der Waals surface area contributed by atoms with Crippen LogP contribution < -0.4 is 5.32 Å². The largest absolute Gasteiger partial charge is 0.408 e. The number of hydrogen-bond donors (Lipinski definition) is 1. The van der Waals surface area contributed by atoms with Gasteiger partial charge in [-0.25, -0.2) is 8.42 Å². The second-order valence-corrected chi connectivity index (χ2v) is 7.48. The van der Waals surface area contributed by atoms with E-state index in [4.69, 9.17) is 0 Å². The number of nitrogens with one attached hydrogen (secondary N) is 1. The Kier molecular flexibility index (Phi) is 5.69. The van der Waals surface area contributed by atoms with Crippen LogP contribution in [0.3, 0.4) is 0 Å². The molecule has 0 atom stereocenters. The van der Waals surface area contributed by atoms with Crippen molar-refractivity contribution in [2.24, 2.45) is 0 Å². The maximum Gasteiger partial charge on any atom is 0.408 e. The highest BCUT2D eigenvalue weighted by molar-refractivity contribution is 7.89. The number of rotatable bonds is 6. The van der Waals surface area contributed by atoms with Gasteiger partial charge in [0.1, 0.15) is 11.4 Å². The van der Waals surface area contributed by atoms with E-state index in [0.29, 0.717) is 30.5 Å². The molecule has 1 aromatic heterocycles. The van der Waals surface area contributed by atoms with Gasteiger partial charge in [-0.05, 0) is 32.4 Å². The van der Waals surface area contributed by atoms with Crippen molar-refractivity contribution in [2.75, 3.05) is 19.6 Å². The van der Waals surface area contributed by atoms with E-state index in [0.717, 1.165) is 25.5 Å². The summed E-state index contributed by atoms with van der Waals surface area (Å²) in [5, 5.41) is 6.70. The van der Waals surface area contributed by atoms with Gasteiger partial charge in [0.15, 0.2) is 0 Å². The van der Waals surface area contributed by atoms with E-state index in [-0.39, 0.29) is 10.9 Å². The Balaban J connectivity index is 2.23. The maximum atomic E-state index is 12.8. The molecule has 0 aromatic carbocycles. The predicted molar refractivity (Wildman–Crippen MR) is 78.4 cm³/mol. The first-order valence-corrected chi connectivity index (χ1v) is 9.00. The van der Waals surface area contributed by atoms with Crippen molar-refractivity contribution in [3.05, 3.63) is 12.4 Å². The van der Waals surface area contributed by atoms with E-state index in [1.807, 2.05) is 6.92 Å². The lowest BCUT2D eigenvalue weighted by molar-refractivity contribution is -0.142. The van der Waals surface area contributed by atoms with Gasteiger partial charge in [0.2, 0.25) is 10.0 Å². The van der Waals surface area contributed by atoms with Crippen LogP contribution >= 0.6 is 0 Å². The first kappa shape index (κ1) is 18.2. The number of sulfonamides is 1. The summed E-state index contributed by atoms with van der Waals surface area (Å²) in [6.45, 7) is 2.37. The minimum Gasteiger partial charge on any atom is -0.317 e. The fourth-order valence-corrected chi connectivity index (χ4v) is 4.43. The highest BCUT2D eigenvalue weighted by Crippen LogP contribution is 2.24. The number of aromatic nitrogens is 2. The second kappa shape index (κ2) is 7.18. The van der Waals surface area contributed by atoms with Crippen molar-refractivity contribution in [1.29, 1.82) is 0 Å². The maximum absolute atomic E-state index is 12.8. The molecule has 1 fully saturated rings. The van der Waals surface area contributed by atoms with Crippen molar-refractivity contribution in [3.8, 4) is 0 Å². The number of alkyl halides is 3. The molecule has 1 aromatic rings. The predicted octanol–water partition coefficient (Wildman–Crippen LogP) is 1.60. The molecule has 23 heavy (non-hydrogen) atoms. The van der Waals surface area contributed by atoms with Crippen LogP contribution in [0.1, 0.15) is 26.2 Å². The quantitative estimate of drug-likeness (QED) is 0.843. The van der Waals surface area contributed by atoms with Crippen LogP contribution in [-0.4, -0.2) is 54.4 Å². The lowest BCUT2D eigenvalue weighted by Crippen LogP contribution is -2.46. The van der Waals surface area contributed by atoms with E-state index in [2.05, 4.69) is 10.4 Å². The van der Waals surface area contributed by atoms with Gasteiger partial charge in [-0.3, -0.25) is 4.68 Å². The van der Waals surface area contributed by atoms with Crippen LogP contribution in [0.4, 0.5) is 13.2 Å². The molecule has 0 amide bonds. The van der Waals surface area contributed by atoms with Gasteiger partial charge in [0.25, 0.3) is 0 Å². The Morgan fingerprint density at radius 2 is 2.04 bits per heavy atom. The van der Waals surface area contributed by atoms with Gasteiger partial charge in [-0.15, -0.1) is 0 Å². The van der Waals surface area contributed by atoms with Crippen molar-refractivity contribution in [3.63, 3.8) is 0 Å². The third kappa shape index (κ3) is 4.67. The Morgan fingerprint density at radius 1 is 1.39 bits per heavy atom. The average Bonchev–Trinajstić information content (AvgIpc) is 2.92. The average molecular weight is 354 g/mol. The molecule has 2 heterocycles. The molecule has 1 saturated heterocycles. The van der Waals surface area contributed by atoms with E-state index in [9.17, 15) is 21.6 Å². The number of halogens is 3. The zero-order valence-corrected chi connectivity index (χ0v) is 13.7. The molecular formula is C13H21F3N4O2S. The van der Waals surface area contributed by atoms with E-state index in [1.165, 1.54) is 4.31 Å². The fourth-order valence-electron chi connectivity index (χ4n) is 2.70. The summed E-state index contributed by atoms with van der Waals surface area (Å²) in [6.07, 6.45) is -0.478. The Morgan fingerprint density at radius 3 is 2.61 bits per heavy atom. The topological polar surface area (TPSA) is 67.2 Å². The van der Waals surface area contributed by atoms with Gasteiger partial charge in [0.05, 0.1) is 6.20 Å². The number of hydrogen-bond acceptors (Lipinski definition) is 4. The minimum atomic E-state index is -4.44. The van der Waals surface area contributed by atoms with Crippen LogP contribution in [-0.2, 0) is 16.6 Å². The zero-order chi connectivity index (χ0) is 17.1. The van der Waals surface area contributed by atoms with Crippen molar-refractivity contribution in [1.82, 2.24) is 19.4 Å². The standard InChI is InChI=1S/C13H21F3N4O2S/c1-2-7-20(11-3-5-17-6-4-11)23(21,22)12-8-18-19(9-12)10-13(14,15)16/h8-9,11,17H,2-7,10H2,1H3. The molecule has 0 radical (unpaired) electrons. The summed E-state index contributed by atoms with van der Waals surface area (Å²) >= 11 is 0. The lowest BCUT2D eigenvalue weighted by Gasteiger charge is -2.33. The summed E-state index contributed by atoms with van der Waals surface area (Å²) in [5.41, 5.74) is 0. The van der Waals surface area contributed by atoms with Crippen LogP contribution in [0.5, 0.6) is 0 Å². The first-order chi connectivity index (χ1) is 10.7. The van der Waals surface area contributed by atoms with Crippen molar-refractivity contribution >= 4 is 10.0 Å². The third-order valence-corrected chi connectivity index (χ3v) is 5.62. The highest BCUT2D eigenvalue weighted by atomic mass is 32.2. The lowest BCUT2D eigenvalue weighted by atomic mass is 10.1. The third-order valence-electron chi connectivity index (χ3n) is 3.72. The van der Waals surface area contributed by atoms with Crippen molar-refractivity contribution in [2.45, 2.75) is 49.8 Å². The summed E-state index contributed by atoms with van der Waals surface area (Å²) in [6, 6.07) is -0.132. The van der Waals surface area contributed by atoms with Crippen LogP contribution in [0.15, 0.2) is 17.3 Å². The van der Waals surface area contributed by atoms with Gasteiger partial charge >= 0.3 is 6.18 Å². The summed E-state index contributed by atoms with van der Waals surface area (Å²) in [7, 11) is -3.84.